The number of aryl methyl sites for hydroxylation is 1. The maximum absolute atomic E-state index is 13.3. The Hall–Kier alpha value is -3.70. The van der Waals surface area contributed by atoms with Gasteiger partial charge in [-0.05, 0) is 41.8 Å². The van der Waals surface area contributed by atoms with Crippen LogP contribution in [0.2, 0.25) is 0 Å². The second kappa shape index (κ2) is 8.44. The van der Waals surface area contributed by atoms with Crippen LogP contribution >= 0.6 is 0 Å². The van der Waals surface area contributed by atoms with Crippen LogP contribution in [0.3, 0.4) is 0 Å². The SMILES string of the molecule is Cc1cccc(C(=O)c2ccccc2)c1-c1ccc2nc(N)c(N3CCOCC3)cc2c1. The standard InChI is InChI=1S/C27H25N3O2/c1-18-6-5-9-22(26(31)19-7-3-2-4-8-19)25(18)20-10-11-23-21(16-20)17-24(27(28)29-23)30-12-14-32-15-13-30/h2-11,16-17H,12-15H2,1H3,(H2,28,29). The number of carbonyl (C=O) groups is 1. The van der Waals surface area contributed by atoms with Crippen LogP contribution < -0.4 is 10.6 Å². The third-order valence-corrected chi connectivity index (χ3v) is 6.02. The molecule has 0 radical (unpaired) electrons. The van der Waals surface area contributed by atoms with Crippen molar-refractivity contribution in [3.05, 3.63) is 89.5 Å². The summed E-state index contributed by atoms with van der Waals surface area (Å²) in [5.41, 5.74) is 12.4. The average Bonchev–Trinajstić information content (AvgIpc) is 2.84. The lowest BCUT2D eigenvalue weighted by Gasteiger charge is -2.29. The van der Waals surface area contributed by atoms with E-state index in [0.717, 1.165) is 46.4 Å². The Morgan fingerprint density at radius 1 is 0.969 bits per heavy atom. The Balaban J connectivity index is 1.62. The van der Waals surface area contributed by atoms with Crippen LogP contribution in [0.5, 0.6) is 0 Å². The van der Waals surface area contributed by atoms with E-state index in [1.165, 1.54) is 0 Å². The first kappa shape index (κ1) is 20.2. The Morgan fingerprint density at radius 2 is 1.75 bits per heavy atom. The number of aromatic nitrogens is 1. The number of morpholine rings is 1. The molecule has 2 heterocycles. The molecule has 0 unspecified atom stereocenters. The monoisotopic (exact) mass is 423 g/mol. The summed E-state index contributed by atoms with van der Waals surface area (Å²) in [6, 6.07) is 23.5. The molecule has 1 aliphatic rings. The molecule has 0 atom stereocenters. The number of ketones is 1. The highest BCUT2D eigenvalue weighted by atomic mass is 16.5. The summed E-state index contributed by atoms with van der Waals surface area (Å²) >= 11 is 0. The minimum Gasteiger partial charge on any atom is -0.382 e. The van der Waals surface area contributed by atoms with E-state index in [0.29, 0.717) is 30.2 Å². The van der Waals surface area contributed by atoms with Gasteiger partial charge in [-0.25, -0.2) is 4.98 Å². The van der Waals surface area contributed by atoms with Gasteiger partial charge in [0, 0.05) is 29.6 Å². The molecule has 0 aliphatic carbocycles. The molecular weight excluding hydrogens is 398 g/mol. The number of anilines is 2. The molecule has 0 amide bonds. The first-order valence-electron chi connectivity index (χ1n) is 10.8. The van der Waals surface area contributed by atoms with E-state index in [2.05, 4.69) is 22.0 Å². The summed E-state index contributed by atoms with van der Waals surface area (Å²) in [4.78, 5) is 20.2. The fourth-order valence-corrected chi connectivity index (χ4v) is 4.38. The van der Waals surface area contributed by atoms with Crippen molar-refractivity contribution in [2.75, 3.05) is 36.9 Å². The number of nitrogen functional groups attached to an aromatic ring is 1. The zero-order valence-electron chi connectivity index (χ0n) is 18.0. The number of benzene rings is 3. The molecule has 5 heteroatoms. The molecule has 1 aromatic heterocycles. The highest BCUT2D eigenvalue weighted by Gasteiger charge is 2.19. The molecule has 1 fully saturated rings. The molecule has 5 nitrogen and oxygen atoms in total. The van der Waals surface area contributed by atoms with E-state index in [1.807, 2.05) is 67.6 Å². The van der Waals surface area contributed by atoms with Crippen LogP contribution in [-0.2, 0) is 4.74 Å². The summed E-state index contributed by atoms with van der Waals surface area (Å²) in [5.74, 6) is 0.553. The minimum absolute atomic E-state index is 0.0221. The smallest absolute Gasteiger partial charge is 0.193 e. The molecule has 1 aliphatic heterocycles. The van der Waals surface area contributed by atoms with Crippen LogP contribution in [-0.4, -0.2) is 37.1 Å². The predicted molar refractivity (Wildman–Crippen MR) is 129 cm³/mol. The molecule has 32 heavy (non-hydrogen) atoms. The summed E-state index contributed by atoms with van der Waals surface area (Å²) in [6.45, 7) is 5.01. The van der Waals surface area contributed by atoms with Gasteiger partial charge >= 0.3 is 0 Å². The Morgan fingerprint density at radius 3 is 2.53 bits per heavy atom. The first-order chi connectivity index (χ1) is 15.6. The topological polar surface area (TPSA) is 68.5 Å². The Kier molecular flexibility index (Phi) is 5.33. The number of nitrogens with zero attached hydrogens (tertiary/aromatic N) is 2. The van der Waals surface area contributed by atoms with Crippen molar-refractivity contribution in [2.45, 2.75) is 6.92 Å². The molecular formula is C27H25N3O2. The highest BCUT2D eigenvalue weighted by molar-refractivity contribution is 6.13. The number of hydrogen-bond donors (Lipinski definition) is 1. The lowest BCUT2D eigenvalue weighted by Crippen LogP contribution is -2.36. The fraction of sp³-hybridized carbons (Fsp3) is 0.185. The second-order valence-electron chi connectivity index (χ2n) is 8.09. The van der Waals surface area contributed by atoms with E-state index in [1.54, 1.807) is 0 Å². The third-order valence-electron chi connectivity index (χ3n) is 6.02. The van der Waals surface area contributed by atoms with Crippen molar-refractivity contribution < 1.29 is 9.53 Å². The largest absolute Gasteiger partial charge is 0.382 e. The van der Waals surface area contributed by atoms with Crippen LogP contribution in [0, 0.1) is 6.92 Å². The lowest BCUT2D eigenvalue weighted by molar-refractivity contribution is 0.103. The zero-order valence-corrected chi connectivity index (χ0v) is 18.0. The Labute approximate surface area is 187 Å². The van der Waals surface area contributed by atoms with Crippen molar-refractivity contribution >= 4 is 28.2 Å². The molecule has 160 valence electrons. The van der Waals surface area contributed by atoms with Crippen molar-refractivity contribution in [3.8, 4) is 11.1 Å². The first-order valence-corrected chi connectivity index (χ1v) is 10.8. The van der Waals surface area contributed by atoms with Gasteiger partial charge in [0.05, 0.1) is 24.4 Å². The summed E-state index contributed by atoms with van der Waals surface area (Å²) < 4.78 is 5.48. The van der Waals surface area contributed by atoms with Gasteiger partial charge in [0.1, 0.15) is 5.82 Å². The van der Waals surface area contributed by atoms with Crippen LogP contribution in [0.15, 0.2) is 72.8 Å². The lowest BCUT2D eigenvalue weighted by atomic mass is 9.90. The maximum Gasteiger partial charge on any atom is 0.193 e. The van der Waals surface area contributed by atoms with Crippen molar-refractivity contribution in [1.29, 1.82) is 0 Å². The van der Waals surface area contributed by atoms with Gasteiger partial charge in [0.15, 0.2) is 5.78 Å². The normalized spacial score (nSPS) is 14.0. The van der Waals surface area contributed by atoms with Gasteiger partial charge in [0.25, 0.3) is 0 Å². The van der Waals surface area contributed by atoms with E-state index in [4.69, 9.17) is 10.5 Å². The predicted octanol–water partition coefficient (Wildman–Crippen LogP) is 4.86. The van der Waals surface area contributed by atoms with E-state index >= 15 is 0 Å². The molecule has 2 N–H and O–H groups in total. The molecule has 3 aromatic carbocycles. The molecule has 4 aromatic rings. The van der Waals surface area contributed by atoms with Gasteiger partial charge in [-0.1, -0.05) is 54.6 Å². The quantitative estimate of drug-likeness (QED) is 0.475. The highest BCUT2D eigenvalue weighted by Crippen LogP contribution is 2.34. The van der Waals surface area contributed by atoms with Crippen LogP contribution in [0.4, 0.5) is 11.5 Å². The molecule has 5 rings (SSSR count). The molecule has 1 saturated heterocycles. The number of hydrogen-bond acceptors (Lipinski definition) is 5. The van der Waals surface area contributed by atoms with Crippen molar-refractivity contribution in [3.63, 3.8) is 0 Å². The average molecular weight is 424 g/mol. The minimum atomic E-state index is 0.0221. The van der Waals surface area contributed by atoms with E-state index < -0.39 is 0 Å². The molecule has 0 spiro atoms. The van der Waals surface area contributed by atoms with Gasteiger partial charge in [0.2, 0.25) is 0 Å². The van der Waals surface area contributed by atoms with Crippen LogP contribution in [0.25, 0.3) is 22.0 Å². The number of carbonyl (C=O) groups excluding carboxylic acids is 1. The fourth-order valence-electron chi connectivity index (χ4n) is 4.38. The van der Waals surface area contributed by atoms with Gasteiger partial charge in [-0.15, -0.1) is 0 Å². The molecule has 0 saturated carbocycles. The summed E-state index contributed by atoms with van der Waals surface area (Å²) in [7, 11) is 0. The third kappa shape index (κ3) is 3.72. The Bertz CT molecular complexity index is 1300. The molecule has 0 bridgehead atoms. The summed E-state index contributed by atoms with van der Waals surface area (Å²) in [6.07, 6.45) is 0. The van der Waals surface area contributed by atoms with Gasteiger partial charge < -0.3 is 15.4 Å². The maximum atomic E-state index is 13.3. The number of ether oxygens (including phenoxy) is 1. The number of rotatable bonds is 4. The van der Waals surface area contributed by atoms with E-state index in [9.17, 15) is 4.79 Å². The van der Waals surface area contributed by atoms with Crippen LogP contribution in [0.1, 0.15) is 21.5 Å². The summed E-state index contributed by atoms with van der Waals surface area (Å²) in [5, 5.41) is 1.000. The number of fused-ring (bicyclic) bond motifs is 1. The van der Waals surface area contributed by atoms with E-state index in [-0.39, 0.29) is 5.78 Å². The number of nitrogens with two attached hydrogens (primary N) is 1. The zero-order chi connectivity index (χ0) is 22.1. The second-order valence-corrected chi connectivity index (χ2v) is 8.09. The number of pyridine rings is 1. The van der Waals surface area contributed by atoms with Gasteiger partial charge in [-0.3, -0.25) is 4.79 Å². The van der Waals surface area contributed by atoms with Gasteiger partial charge in [-0.2, -0.15) is 0 Å². The van der Waals surface area contributed by atoms with Crippen molar-refractivity contribution in [2.24, 2.45) is 0 Å². The van der Waals surface area contributed by atoms with Crippen molar-refractivity contribution in [1.82, 2.24) is 4.98 Å².